The molecule has 0 saturated carbocycles. The SMILES string of the molecule is O=C(NCCSc1ccc(F)cc1)OCC(F)(F)F. The zero-order valence-electron chi connectivity index (χ0n) is 9.67. The maximum atomic E-state index is 12.6. The molecule has 0 aliphatic rings. The van der Waals surface area contributed by atoms with Gasteiger partial charge >= 0.3 is 12.3 Å². The van der Waals surface area contributed by atoms with Crippen molar-refractivity contribution in [2.75, 3.05) is 18.9 Å². The van der Waals surface area contributed by atoms with Crippen LogP contribution in [0.5, 0.6) is 0 Å². The molecular weight excluding hydrogens is 286 g/mol. The van der Waals surface area contributed by atoms with Crippen molar-refractivity contribution < 1.29 is 27.1 Å². The normalized spacial score (nSPS) is 11.2. The molecule has 0 bridgehead atoms. The number of alkyl halides is 3. The van der Waals surface area contributed by atoms with Crippen molar-refractivity contribution in [3.05, 3.63) is 30.1 Å². The molecule has 19 heavy (non-hydrogen) atoms. The first-order valence-corrected chi connectivity index (χ1v) is 6.21. The highest BCUT2D eigenvalue weighted by Crippen LogP contribution is 2.17. The summed E-state index contributed by atoms with van der Waals surface area (Å²) in [5.74, 6) is 0.0884. The third-order valence-electron chi connectivity index (χ3n) is 1.82. The first-order valence-electron chi connectivity index (χ1n) is 5.22. The zero-order chi connectivity index (χ0) is 14.3. The van der Waals surface area contributed by atoms with Crippen LogP contribution in [0.25, 0.3) is 0 Å². The fourth-order valence-corrected chi connectivity index (χ4v) is 1.82. The standard InChI is InChI=1S/C11H11F4NO2S/c12-8-1-3-9(4-2-8)19-6-5-16-10(17)18-7-11(13,14)15/h1-4H,5-7H2,(H,16,17). The molecule has 0 unspecified atom stereocenters. The second kappa shape index (κ2) is 7.22. The number of hydrogen-bond donors (Lipinski definition) is 1. The Balaban J connectivity index is 2.13. The molecule has 1 aromatic rings. The Labute approximate surface area is 111 Å². The van der Waals surface area contributed by atoms with Crippen LogP contribution < -0.4 is 5.32 Å². The van der Waals surface area contributed by atoms with Crippen molar-refractivity contribution >= 4 is 17.9 Å². The molecule has 106 valence electrons. The first-order chi connectivity index (χ1) is 8.87. The van der Waals surface area contributed by atoms with E-state index in [0.29, 0.717) is 5.75 Å². The van der Waals surface area contributed by atoms with Crippen molar-refractivity contribution in [2.45, 2.75) is 11.1 Å². The van der Waals surface area contributed by atoms with Crippen molar-refractivity contribution in [1.29, 1.82) is 0 Å². The number of nitrogens with one attached hydrogen (secondary N) is 1. The zero-order valence-corrected chi connectivity index (χ0v) is 10.5. The molecule has 1 amide bonds. The van der Waals surface area contributed by atoms with E-state index in [1.54, 1.807) is 12.1 Å². The summed E-state index contributed by atoms with van der Waals surface area (Å²) in [4.78, 5) is 11.7. The highest BCUT2D eigenvalue weighted by molar-refractivity contribution is 7.99. The quantitative estimate of drug-likeness (QED) is 0.515. The Kier molecular flexibility index (Phi) is 5.94. The van der Waals surface area contributed by atoms with Gasteiger partial charge in [0.2, 0.25) is 0 Å². The number of benzene rings is 1. The van der Waals surface area contributed by atoms with Crippen molar-refractivity contribution in [3.63, 3.8) is 0 Å². The van der Waals surface area contributed by atoms with Gasteiger partial charge in [-0.2, -0.15) is 13.2 Å². The molecule has 1 aromatic carbocycles. The van der Waals surface area contributed by atoms with Gasteiger partial charge in [0.25, 0.3) is 0 Å². The summed E-state index contributed by atoms with van der Waals surface area (Å²) < 4.78 is 51.7. The topological polar surface area (TPSA) is 38.3 Å². The molecule has 0 radical (unpaired) electrons. The van der Waals surface area contributed by atoms with E-state index in [9.17, 15) is 22.4 Å². The van der Waals surface area contributed by atoms with E-state index in [1.165, 1.54) is 23.9 Å². The van der Waals surface area contributed by atoms with Crippen LogP contribution in [0.4, 0.5) is 22.4 Å². The Morgan fingerprint density at radius 1 is 1.26 bits per heavy atom. The average molecular weight is 297 g/mol. The minimum absolute atomic E-state index is 0.152. The number of halogens is 4. The lowest BCUT2D eigenvalue weighted by atomic mass is 10.4. The average Bonchev–Trinajstić information content (AvgIpc) is 2.33. The number of hydrogen-bond acceptors (Lipinski definition) is 3. The summed E-state index contributed by atoms with van der Waals surface area (Å²) in [5.41, 5.74) is 0. The fraction of sp³-hybridized carbons (Fsp3) is 0.364. The molecule has 0 spiro atoms. The number of amides is 1. The monoisotopic (exact) mass is 297 g/mol. The van der Waals surface area contributed by atoms with Crippen LogP contribution in [0, 0.1) is 5.82 Å². The number of ether oxygens (including phenoxy) is 1. The minimum Gasteiger partial charge on any atom is -0.440 e. The molecular formula is C11H11F4NO2S. The van der Waals surface area contributed by atoms with Gasteiger partial charge in [-0.15, -0.1) is 11.8 Å². The minimum atomic E-state index is -4.53. The van der Waals surface area contributed by atoms with E-state index < -0.39 is 18.9 Å². The van der Waals surface area contributed by atoms with Crippen molar-refractivity contribution in [2.24, 2.45) is 0 Å². The molecule has 1 rings (SSSR count). The van der Waals surface area contributed by atoms with Crippen LogP contribution >= 0.6 is 11.8 Å². The predicted molar refractivity (Wildman–Crippen MR) is 62.5 cm³/mol. The summed E-state index contributed by atoms with van der Waals surface area (Å²) in [6.45, 7) is -1.46. The maximum Gasteiger partial charge on any atom is 0.422 e. The number of alkyl carbamates (subject to hydrolysis) is 1. The van der Waals surface area contributed by atoms with Gasteiger partial charge in [-0.05, 0) is 24.3 Å². The molecule has 0 heterocycles. The third-order valence-corrected chi connectivity index (χ3v) is 2.83. The predicted octanol–water partition coefficient (Wildman–Crippen LogP) is 3.21. The lowest BCUT2D eigenvalue weighted by molar-refractivity contribution is -0.160. The maximum absolute atomic E-state index is 12.6. The number of carbonyl (C=O) groups excluding carboxylic acids is 1. The van der Waals surface area contributed by atoms with Gasteiger partial charge in [0.15, 0.2) is 6.61 Å². The summed E-state index contributed by atoms with van der Waals surface area (Å²) in [7, 11) is 0. The molecule has 0 atom stereocenters. The third kappa shape index (κ3) is 7.55. The van der Waals surface area contributed by atoms with Gasteiger partial charge in [0.1, 0.15) is 5.82 Å². The number of rotatable bonds is 5. The molecule has 8 heteroatoms. The van der Waals surface area contributed by atoms with Gasteiger partial charge in [-0.1, -0.05) is 0 Å². The molecule has 0 aliphatic carbocycles. The molecule has 1 N–H and O–H groups in total. The van der Waals surface area contributed by atoms with E-state index in [2.05, 4.69) is 10.1 Å². The van der Waals surface area contributed by atoms with Crippen LogP contribution in [0.2, 0.25) is 0 Å². The highest BCUT2D eigenvalue weighted by atomic mass is 32.2. The van der Waals surface area contributed by atoms with Crippen molar-refractivity contribution in [1.82, 2.24) is 5.32 Å². The Morgan fingerprint density at radius 2 is 1.89 bits per heavy atom. The Morgan fingerprint density at radius 3 is 2.47 bits per heavy atom. The molecule has 0 aliphatic heterocycles. The first kappa shape index (κ1) is 15.6. The van der Waals surface area contributed by atoms with Crippen LogP contribution in [-0.4, -0.2) is 31.2 Å². The number of thioether (sulfide) groups is 1. The summed E-state index contributed by atoms with van der Waals surface area (Å²) >= 11 is 1.34. The van der Waals surface area contributed by atoms with E-state index >= 15 is 0 Å². The largest absolute Gasteiger partial charge is 0.440 e. The molecule has 0 saturated heterocycles. The smallest absolute Gasteiger partial charge is 0.422 e. The van der Waals surface area contributed by atoms with Gasteiger partial charge in [0, 0.05) is 17.2 Å². The second-order valence-electron chi connectivity index (χ2n) is 3.42. The van der Waals surface area contributed by atoms with Gasteiger partial charge in [0.05, 0.1) is 0 Å². The van der Waals surface area contributed by atoms with E-state index in [-0.39, 0.29) is 12.4 Å². The Hall–Kier alpha value is -1.44. The molecule has 0 aromatic heterocycles. The van der Waals surface area contributed by atoms with Crippen LogP contribution in [0.3, 0.4) is 0 Å². The van der Waals surface area contributed by atoms with Gasteiger partial charge < -0.3 is 10.1 Å². The second-order valence-corrected chi connectivity index (χ2v) is 4.59. The fourth-order valence-electron chi connectivity index (χ4n) is 1.05. The van der Waals surface area contributed by atoms with Crippen LogP contribution in [0.15, 0.2) is 29.2 Å². The lowest BCUT2D eigenvalue weighted by Gasteiger charge is -2.08. The van der Waals surface area contributed by atoms with E-state index in [0.717, 1.165) is 4.90 Å². The summed E-state index contributed by atoms with van der Waals surface area (Å²) in [6, 6.07) is 5.74. The molecule has 3 nitrogen and oxygen atoms in total. The highest BCUT2D eigenvalue weighted by Gasteiger charge is 2.29. The van der Waals surface area contributed by atoms with Gasteiger partial charge in [-0.25, -0.2) is 9.18 Å². The Bertz CT molecular complexity index is 408. The van der Waals surface area contributed by atoms with Gasteiger partial charge in [-0.3, -0.25) is 0 Å². The van der Waals surface area contributed by atoms with Crippen LogP contribution in [-0.2, 0) is 4.74 Å². The van der Waals surface area contributed by atoms with Crippen LogP contribution in [0.1, 0.15) is 0 Å². The summed E-state index contributed by atoms with van der Waals surface area (Å²) in [5, 5.41) is 2.18. The van der Waals surface area contributed by atoms with Crippen molar-refractivity contribution in [3.8, 4) is 0 Å². The number of carbonyl (C=O) groups is 1. The lowest BCUT2D eigenvalue weighted by Crippen LogP contribution is -2.30. The van der Waals surface area contributed by atoms with E-state index in [4.69, 9.17) is 0 Å². The summed E-state index contributed by atoms with van der Waals surface area (Å²) in [6.07, 6.45) is -5.64. The molecule has 0 fully saturated rings. The van der Waals surface area contributed by atoms with E-state index in [1.807, 2.05) is 0 Å².